The second-order valence-corrected chi connectivity index (χ2v) is 6.56. The molecule has 25 heavy (non-hydrogen) atoms. The fourth-order valence-electron chi connectivity index (χ4n) is 2.03. The molecular weight excluding hydrogens is 314 g/mol. The van der Waals surface area contributed by atoms with Gasteiger partial charge in [-0.05, 0) is 54.5 Å². The molecule has 0 aliphatic rings. The molecule has 2 aromatic rings. The highest BCUT2D eigenvalue weighted by Crippen LogP contribution is 2.22. The third-order valence-electron chi connectivity index (χ3n) is 4.25. The summed E-state index contributed by atoms with van der Waals surface area (Å²) in [4.78, 5) is 24.4. The molecule has 0 aromatic heterocycles. The third-order valence-corrected chi connectivity index (χ3v) is 4.25. The van der Waals surface area contributed by atoms with E-state index in [9.17, 15) is 14.7 Å². The summed E-state index contributed by atoms with van der Waals surface area (Å²) >= 11 is 0. The van der Waals surface area contributed by atoms with Crippen molar-refractivity contribution in [2.75, 3.05) is 5.32 Å². The van der Waals surface area contributed by atoms with Crippen LogP contribution in [0.15, 0.2) is 54.6 Å². The highest BCUT2D eigenvalue weighted by atomic mass is 16.3. The van der Waals surface area contributed by atoms with Crippen molar-refractivity contribution in [3.63, 3.8) is 0 Å². The summed E-state index contributed by atoms with van der Waals surface area (Å²) in [6.45, 7) is 5.77. The molecule has 0 fully saturated rings. The van der Waals surface area contributed by atoms with Gasteiger partial charge in [-0.1, -0.05) is 39.0 Å². The Kier molecular flexibility index (Phi) is 5.75. The number of aromatic hydroxyl groups is 1. The van der Waals surface area contributed by atoms with E-state index in [0.717, 1.165) is 12.0 Å². The summed E-state index contributed by atoms with van der Waals surface area (Å²) < 4.78 is 0. The van der Waals surface area contributed by atoms with Crippen LogP contribution in [0.3, 0.4) is 0 Å². The van der Waals surface area contributed by atoms with Crippen molar-refractivity contribution < 1.29 is 14.7 Å². The molecule has 0 atom stereocenters. The molecule has 0 spiro atoms. The summed E-state index contributed by atoms with van der Waals surface area (Å²) in [5.74, 6) is 0.0218. The first-order valence-electron chi connectivity index (χ1n) is 8.25. The highest BCUT2D eigenvalue weighted by molar-refractivity contribution is 6.07. The number of nitrogens with one attached hydrogen (secondary N) is 1. The topological polar surface area (TPSA) is 66.4 Å². The van der Waals surface area contributed by atoms with Gasteiger partial charge < -0.3 is 10.4 Å². The molecule has 0 aliphatic carbocycles. The molecule has 0 unspecified atom stereocenters. The Morgan fingerprint density at radius 3 is 2.20 bits per heavy atom. The van der Waals surface area contributed by atoms with Crippen molar-refractivity contribution >= 4 is 23.5 Å². The third kappa shape index (κ3) is 5.05. The van der Waals surface area contributed by atoms with Crippen LogP contribution < -0.4 is 5.32 Å². The maximum Gasteiger partial charge on any atom is 0.230 e. The van der Waals surface area contributed by atoms with Gasteiger partial charge in [0.1, 0.15) is 5.75 Å². The molecule has 130 valence electrons. The second kappa shape index (κ2) is 7.79. The summed E-state index contributed by atoms with van der Waals surface area (Å²) in [7, 11) is 0. The number of phenols is 1. The van der Waals surface area contributed by atoms with Gasteiger partial charge in [-0.15, -0.1) is 0 Å². The Morgan fingerprint density at radius 2 is 1.64 bits per heavy atom. The van der Waals surface area contributed by atoms with Crippen LogP contribution in [0.1, 0.15) is 43.1 Å². The molecule has 2 N–H and O–H groups in total. The van der Waals surface area contributed by atoms with Gasteiger partial charge in [0.15, 0.2) is 5.78 Å². The maximum absolute atomic E-state index is 12.2. The molecule has 0 heterocycles. The Labute approximate surface area is 148 Å². The van der Waals surface area contributed by atoms with Crippen molar-refractivity contribution in [2.24, 2.45) is 5.41 Å². The van der Waals surface area contributed by atoms with E-state index >= 15 is 0 Å². The van der Waals surface area contributed by atoms with Crippen LogP contribution in [0, 0.1) is 5.41 Å². The van der Waals surface area contributed by atoms with E-state index in [4.69, 9.17) is 0 Å². The summed E-state index contributed by atoms with van der Waals surface area (Å²) in [5, 5.41) is 12.1. The molecule has 0 saturated heterocycles. The monoisotopic (exact) mass is 337 g/mol. The van der Waals surface area contributed by atoms with E-state index in [1.54, 1.807) is 54.6 Å². The fraction of sp³-hybridized carbons (Fsp3) is 0.238. The van der Waals surface area contributed by atoms with E-state index in [-0.39, 0.29) is 17.4 Å². The van der Waals surface area contributed by atoms with Gasteiger partial charge in [-0.3, -0.25) is 9.59 Å². The summed E-state index contributed by atoms with van der Waals surface area (Å²) in [6, 6.07) is 13.4. The Morgan fingerprint density at radius 1 is 1.04 bits per heavy atom. The Hall–Kier alpha value is -2.88. The van der Waals surface area contributed by atoms with Crippen molar-refractivity contribution in [1.82, 2.24) is 0 Å². The van der Waals surface area contributed by atoms with Gasteiger partial charge in [0.05, 0.1) is 0 Å². The minimum absolute atomic E-state index is 0.0405. The van der Waals surface area contributed by atoms with E-state index in [1.807, 2.05) is 20.8 Å². The number of amides is 1. The lowest BCUT2D eigenvalue weighted by molar-refractivity contribution is -0.124. The average Bonchev–Trinajstić information content (AvgIpc) is 2.61. The molecular formula is C21H23NO3. The van der Waals surface area contributed by atoms with Gasteiger partial charge in [0.25, 0.3) is 0 Å². The first-order chi connectivity index (χ1) is 11.8. The van der Waals surface area contributed by atoms with E-state index < -0.39 is 5.41 Å². The van der Waals surface area contributed by atoms with E-state index in [1.165, 1.54) is 6.08 Å². The maximum atomic E-state index is 12.2. The fourth-order valence-corrected chi connectivity index (χ4v) is 2.03. The zero-order valence-corrected chi connectivity index (χ0v) is 14.7. The lowest BCUT2D eigenvalue weighted by atomic mass is 9.89. The van der Waals surface area contributed by atoms with Crippen LogP contribution in [-0.4, -0.2) is 16.8 Å². The van der Waals surface area contributed by atoms with Crippen molar-refractivity contribution in [1.29, 1.82) is 0 Å². The number of phenolic OH excluding ortho intramolecular Hbond substituents is 1. The zero-order chi connectivity index (χ0) is 18.4. The van der Waals surface area contributed by atoms with Crippen LogP contribution in [0.25, 0.3) is 6.08 Å². The first-order valence-corrected chi connectivity index (χ1v) is 8.25. The molecule has 4 heteroatoms. The van der Waals surface area contributed by atoms with E-state index in [2.05, 4.69) is 5.32 Å². The molecule has 2 rings (SSSR count). The van der Waals surface area contributed by atoms with Gasteiger partial charge in [-0.25, -0.2) is 0 Å². The molecule has 2 aromatic carbocycles. The SMILES string of the molecule is CCC(C)(C)C(=O)Nc1ccc(C(=O)/C=C/c2ccc(O)cc2)cc1. The number of carbonyl (C=O) groups excluding carboxylic acids is 2. The molecule has 0 radical (unpaired) electrons. The quantitative estimate of drug-likeness (QED) is 0.595. The van der Waals surface area contributed by atoms with Crippen LogP contribution in [0.4, 0.5) is 5.69 Å². The van der Waals surface area contributed by atoms with Crippen molar-refractivity contribution in [2.45, 2.75) is 27.2 Å². The van der Waals surface area contributed by atoms with Gasteiger partial charge in [-0.2, -0.15) is 0 Å². The average molecular weight is 337 g/mol. The number of allylic oxidation sites excluding steroid dienone is 1. The predicted molar refractivity (Wildman–Crippen MR) is 101 cm³/mol. The lowest BCUT2D eigenvalue weighted by Gasteiger charge is -2.21. The van der Waals surface area contributed by atoms with Gasteiger partial charge in [0.2, 0.25) is 5.91 Å². The van der Waals surface area contributed by atoms with Crippen molar-refractivity contribution in [3.05, 3.63) is 65.7 Å². The van der Waals surface area contributed by atoms with Crippen molar-refractivity contribution in [3.8, 4) is 5.75 Å². The van der Waals surface area contributed by atoms with Crippen LogP contribution >= 0.6 is 0 Å². The summed E-state index contributed by atoms with van der Waals surface area (Å²) in [5.41, 5.74) is 1.62. The molecule has 0 saturated carbocycles. The number of anilines is 1. The number of hydrogen-bond acceptors (Lipinski definition) is 3. The molecule has 1 amide bonds. The molecule has 4 nitrogen and oxygen atoms in total. The number of benzene rings is 2. The minimum atomic E-state index is -0.429. The molecule has 0 bridgehead atoms. The van der Waals surface area contributed by atoms with Gasteiger partial charge in [0, 0.05) is 16.7 Å². The first kappa shape index (κ1) is 18.5. The van der Waals surface area contributed by atoms with Crippen LogP contribution in [0.2, 0.25) is 0 Å². The Balaban J connectivity index is 2.02. The van der Waals surface area contributed by atoms with E-state index in [0.29, 0.717) is 11.3 Å². The normalized spacial score (nSPS) is 11.5. The zero-order valence-electron chi connectivity index (χ0n) is 14.7. The number of hydrogen-bond donors (Lipinski definition) is 2. The number of ketones is 1. The largest absolute Gasteiger partial charge is 0.508 e. The van der Waals surface area contributed by atoms with Crippen LogP contribution in [-0.2, 0) is 4.79 Å². The predicted octanol–water partition coefficient (Wildman–Crippen LogP) is 4.66. The summed E-state index contributed by atoms with van der Waals surface area (Å²) in [6.07, 6.45) is 3.93. The van der Waals surface area contributed by atoms with Gasteiger partial charge >= 0.3 is 0 Å². The number of carbonyl (C=O) groups is 2. The second-order valence-electron chi connectivity index (χ2n) is 6.56. The molecule has 0 aliphatic heterocycles. The minimum Gasteiger partial charge on any atom is -0.508 e. The lowest BCUT2D eigenvalue weighted by Crippen LogP contribution is -2.29. The van der Waals surface area contributed by atoms with Crippen LogP contribution in [0.5, 0.6) is 5.75 Å². The highest BCUT2D eigenvalue weighted by Gasteiger charge is 2.25. The smallest absolute Gasteiger partial charge is 0.230 e. The number of rotatable bonds is 6. The Bertz CT molecular complexity index is 772. The standard InChI is InChI=1S/C21H23NO3/c1-4-21(2,3)20(25)22-17-10-8-16(9-11-17)19(24)14-7-15-5-12-18(23)13-6-15/h5-14,23H,4H2,1-3H3,(H,22,25)/b14-7+.